The molecule has 2 heteroatoms. The first-order valence-electron chi connectivity index (χ1n) is 5.35. The largest absolute Gasteiger partial charge is 0.197 e. The zero-order valence-corrected chi connectivity index (χ0v) is 9.07. The third-order valence-corrected chi connectivity index (χ3v) is 3.93. The van der Waals surface area contributed by atoms with Crippen LogP contribution in [0.1, 0.15) is 55.5 Å². The van der Waals surface area contributed by atoms with Gasteiger partial charge in [-0.3, -0.25) is 0 Å². The maximum absolute atomic E-state index is 4.45. The van der Waals surface area contributed by atoms with E-state index in [1.807, 2.05) is 0 Å². The van der Waals surface area contributed by atoms with E-state index in [0.29, 0.717) is 0 Å². The minimum Gasteiger partial charge on any atom is -0.197 e. The first kappa shape index (κ1) is 9.20. The van der Waals surface area contributed by atoms with Crippen LogP contribution >= 0.6 is 11.5 Å². The van der Waals surface area contributed by atoms with Crippen LogP contribution in [0.15, 0.2) is 6.07 Å². The van der Waals surface area contributed by atoms with Crippen molar-refractivity contribution in [1.29, 1.82) is 0 Å². The number of nitrogens with zero attached hydrogens (tertiary/aromatic N) is 1. The molecule has 0 radical (unpaired) electrons. The van der Waals surface area contributed by atoms with Crippen molar-refractivity contribution < 1.29 is 0 Å². The lowest BCUT2D eigenvalue weighted by molar-refractivity contribution is 0.448. The number of aryl methyl sites for hydroxylation is 1. The lowest BCUT2D eigenvalue weighted by atomic mass is 9.88. The zero-order valence-electron chi connectivity index (χ0n) is 8.25. The molecule has 13 heavy (non-hydrogen) atoms. The topological polar surface area (TPSA) is 12.9 Å². The Morgan fingerprint density at radius 3 is 2.77 bits per heavy atom. The van der Waals surface area contributed by atoms with E-state index >= 15 is 0 Å². The van der Waals surface area contributed by atoms with Gasteiger partial charge in [0.15, 0.2) is 0 Å². The van der Waals surface area contributed by atoms with Crippen molar-refractivity contribution in [3.05, 3.63) is 16.6 Å². The highest BCUT2D eigenvalue weighted by molar-refractivity contribution is 7.05. The smallest absolute Gasteiger partial charge is 0.0542 e. The van der Waals surface area contributed by atoms with Gasteiger partial charge in [0, 0.05) is 4.88 Å². The van der Waals surface area contributed by atoms with Crippen LogP contribution in [0.4, 0.5) is 0 Å². The van der Waals surface area contributed by atoms with Crippen LogP contribution in [0.5, 0.6) is 0 Å². The number of hydrogen-bond donors (Lipinski definition) is 0. The second-order valence-electron chi connectivity index (χ2n) is 3.91. The molecule has 1 aromatic rings. The van der Waals surface area contributed by atoms with Gasteiger partial charge in [-0.05, 0) is 42.8 Å². The highest BCUT2D eigenvalue weighted by atomic mass is 32.1. The molecule has 0 atom stereocenters. The first-order valence-corrected chi connectivity index (χ1v) is 6.13. The van der Waals surface area contributed by atoms with E-state index in [-0.39, 0.29) is 0 Å². The van der Waals surface area contributed by atoms with E-state index < -0.39 is 0 Å². The van der Waals surface area contributed by atoms with Crippen molar-refractivity contribution >= 4 is 11.5 Å². The molecule has 0 unspecified atom stereocenters. The molecule has 72 valence electrons. The molecule has 1 saturated carbocycles. The maximum atomic E-state index is 4.45. The van der Waals surface area contributed by atoms with Crippen LogP contribution in [-0.4, -0.2) is 4.37 Å². The van der Waals surface area contributed by atoms with Gasteiger partial charge in [0.25, 0.3) is 0 Å². The second-order valence-corrected chi connectivity index (χ2v) is 4.75. The van der Waals surface area contributed by atoms with Gasteiger partial charge in [0.05, 0.1) is 5.69 Å². The van der Waals surface area contributed by atoms with Gasteiger partial charge in [-0.25, -0.2) is 0 Å². The summed E-state index contributed by atoms with van der Waals surface area (Å²) in [4.78, 5) is 1.54. The quantitative estimate of drug-likeness (QED) is 0.700. The lowest BCUT2D eigenvalue weighted by Crippen LogP contribution is -2.02. The summed E-state index contributed by atoms with van der Waals surface area (Å²) in [5, 5.41) is 0. The van der Waals surface area contributed by atoms with E-state index in [1.54, 1.807) is 11.5 Å². The van der Waals surface area contributed by atoms with Gasteiger partial charge < -0.3 is 0 Å². The highest BCUT2D eigenvalue weighted by Crippen LogP contribution is 2.34. The Morgan fingerprint density at radius 1 is 1.38 bits per heavy atom. The standard InChI is InChI=1S/C11H17NS/c1-2-10-8-11(13-12-10)9-6-4-3-5-7-9/h8-9H,2-7H2,1H3. The van der Waals surface area contributed by atoms with E-state index in [0.717, 1.165) is 12.3 Å². The predicted octanol–water partition coefficient (Wildman–Crippen LogP) is 3.75. The van der Waals surface area contributed by atoms with Gasteiger partial charge in [-0.15, -0.1) is 0 Å². The molecule has 1 aliphatic rings. The van der Waals surface area contributed by atoms with Crippen LogP contribution in [0, 0.1) is 0 Å². The molecule has 0 amide bonds. The van der Waals surface area contributed by atoms with Crippen molar-refractivity contribution in [2.24, 2.45) is 0 Å². The molecular formula is C11H17NS. The van der Waals surface area contributed by atoms with Crippen LogP contribution < -0.4 is 0 Å². The van der Waals surface area contributed by atoms with E-state index in [2.05, 4.69) is 17.4 Å². The molecule has 0 bridgehead atoms. The SMILES string of the molecule is CCc1cc(C2CCCCC2)sn1. The molecule has 0 aromatic carbocycles. The number of hydrogen-bond acceptors (Lipinski definition) is 2. The summed E-state index contributed by atoms with van der Waals surface area (Å²) in [7, 11) is 0. The van der Waals surface area contributed by atoms with Crippen molar-refractivity contribution in [2.45, 2.75) is 51.4 Å². The Bertz CT molecular complexity index is 261. The number of aromatic nitrogens is 1. The Hall–Kier alpha value is -0.370. The van der Waals surface area contributed by atoms with Crippen LogP contribution in [0.25, 0.3) is 0 Å². The zero-order chi connectivity index (χ0) is 9.10. The van der Waals surface area contributed by atoms with Crippen LogP contribution in [0.3, 0.4) is 0 Å². The minimum absolute atomic E-state index is 0.839. The van der Waals surface area contributed by atoms with Crippen LogP contribution in [0.2, 0.25) is 0 Å². The van der Waals surface area contributed by atoms with Gasteiger partial charge in [0.1, 0.15) is 0 Å². The summed E-state index contributed by atoms with van der Waals surface area (Å²) in [6.45, 7) is 2.18. The molecule has 1 nitrogen and oxygen atoms in total. The van der Waals surface area contributed by atoms with E-state index in [9.17, 15) is 0 Å². The van der Waals surface area contributed by atoms with Gasteiger partial charge in [-0.2, -0.15) is 4.37 Å². The molecule has 2 rings (SSSR count). The Labute approximate surface area is 84.3 Å². The van der Waals surface area contributed by atoms with E-state index in [4.69, 9.17) is 0 Å². The Morgan fingerprint density at radius 2 is 2.15 bits per heavy atom. The fourth-order valence-corrected chi connectivity index (χ4v) is 3.05. The summed E-state index contributed by atoms with van der Waals surface area (Å²) < 4.78 is 4.45. The van der Waals surface area contributed by atoms with Crippen molar-refractivity contribution in [3.63, 3.8) is 0 Å². The summed E-state index contributed by atoms with van der Waals surface area (Å²) in [6, 6.07) is 2.32. The van der Waals surface area contributed by atoms with Gasteiger partial charge >= 0.3 is 0 Å². The predicted molar refractivity (Wildman–Crippen MR) is 57.3 cm³/mol. The molecule has 0 saturated heterocycles. The lowest BCUT2D eigenvalue weighted by Gasteiger charge is -2.19. The fourth-order valence-electron chi connectivity index (χ4n) is 2.07. The Kier molecular flexibility index (Phi) is 2.99. The molecule has 1 heterocycles. The molecule has 0 aliphatic heterocycles. The number of rotatable bonds is 2. The fraction of sp³-hybridized carbons (Fsp3) is 0.727. The normalized spacial score (nSPS) is 19.2. The first-order chi connectivity index (χ1) is 6.40. The molecule has 1 fully saturated rings. The average molecular weight is 195 g/mol. The third kappa shape index (κ3) is 2.11. The maximum Gasteiger partial charge on any atom is 0.0542 e. The molecular weight excluding hydrogens is 178 g/mol. The molecule has 1 aromatic heterocycles. The molecule has 1 aliphatic carbocycles. The third-order valence-electron chi connectivity index (χ3n) is 2.95. The Balaban J connectivity index is 2.05. The minimum atomic E-state index is 0.839. The van der Waals surface area contributed by atoms with Gasteiger partial charge in [-0.1, -0.05) is 26.2 Å². The molecule has 0 spiro atoms. The van der Waals surface area contributed by atoms with Crippen LogP contribution in [-0.2, 0) is 6.42 Å². The summed E-state index contributed by atoms with van der Waals surface area (Å²) in [6.07, 6.45) is 8.16. The summed E-state index contributed by atoms with van der Waals surface area (Å²) in [5.41, 5.74) is 1.28. The van der Waals surface area contributed by atoms with Crippen molar-refractivity contribution in [3.8, 4) is 0 Å². The van der Waals surface area contributed by atoms with Crippen molar-refractivity contribution in [1.82, 2.24) is 4.37 Å². The average Bonchev–Trinajstić information content (AvgIpc) is 2.67. The molecule has 0 N–H and O–H groups in total. The van der Waals surface area contributed by atoms with E-state index in [1.165, 1.54) is 42.7 Å². The monoisotopic (exact) mass is 195 g/mol. The second kappa shape index (κ2) is 4.23. The highest BCUT2D eigenvalue weighted by Gasteiger charge is 2.17. The summed E-state index contributed by atoms with van der Waals surface area (Å²) >= 11 is 1.73. The van der Waals surface area contributed by atoms with Gasteiger partial charge in [0.2, 0.25) is 0 Å². The van der Waals surface area contributed by atoms with Crippen molar-refractivity contribution in [2.75, 3.05) is 0 Å². The summed E-state index contributed by atoms with van der Waals surface area (Å²) in [5.74, 6) is 0.839.